The molecule has 0 aromatic carbocycles. The predicted molar refractivity (Wildman–Crippen MR) is 50.8 cm³/mol. The van der Waals surface area contributed by atoms with Crippen molar-refractivity contribution >= 4 is 15.9 Å². The molecule has 0 aliphatic rings. The molecule has 0 saturated heterocycles. The number of hydrogen-bond acceptors (Lipinski definition) is 4. The van der Waals surface area contributed by atoms with E-state index < -0.39 is 15.9 Å². The summed E-state index contributed by atoms with van der Waals surface area (Å²) in [5, 5.41) is 2.74. The third-order valence-corrected chi connectivity index (χ3v) is 2.76. The Kier molecular flexibility index (Phi) is 5.65. The van der Waals surface area contributed by atoms with Gasteiger partial charge in [-0.2, -0.15) is 0 Å². The minimum atomic E-state index is -3.40. The monoisotopic (exact) mass is 208 g/mol. The molecule has 6 heteroatoms. The first kappa shape index (κ1) is 12.4. The third kappa shape index (κ3) is 6.53. The van der Waals surface area contributed by atoms with E-state index in [0.29, 0.717) is 13.0 Å². The molecular weight excluding hydrogens is 192 g/mol. The molecule has 1 amide bonds. The lowest BCUT2D eigenvalue weighted by Gasteiger charge is -2.05. The van der Waals surface area contributed by atoms with Crippen molar-refractivity contribution in [3.05, 3.63) is 0 Å². The molecule has 0 aliphatic carbocycles. The normalized spacial score (nSPS) is 11.2. The maximum Gasteiger partial charge on any atom is 0.247 e. The van der Waals surface area contributed by atoms with Gasteiger partial charge in [-0.3, -0.25) is 9.52 Å². The third-order valence-electron chi connectivity index (χ3n) is 1.28. The summed E-state index contributed by atoms with van der Waals surface area (Å²) < 4.78 is 24.1. The van der Waals surface area contributed by atoms with Crippen LogP contribution in [0.3, 0.4) is 0 Å². The molecule has 5 nitrogen and oxygen atoms in total. The van der Waals surface area contributed by atoms with E-state index in [0.717, 1.165) is 0 Å². The van der Waals surface area contributed by atoms with Crippen molar-refractivity contribution in [2.24, 2.45) is 0 Å². The van der Waals surface area contributed by atoms with Crippen LogP contribution >= 0.6 is 0 Å². The molecule has 0 radical (unpaired) electrons. The van der Waals surface area contributed by atoms with E-state index in [1.807, 2.05) is 11.6 Å². The maximum atomic E-state index is 11.0. The van der Waals surface area contributed by atoms with Crippen LogP contribution in [0.5, 0.6) is 0 Å². The van der Waals surface area contributed by atoms with Crippen LogP contribution in [0.25, 0.3) is 0 Å². The number of carbonyl (C=O) groups excluding carboxylic acids is 1. The highest BCUT2D eigenvalue weighted by Gasteiger charge is 2.11. The number of sulfonamides is 1. The smallest absolute Gasteiger partial charge is 0.247 e. The van der Waals surface area contributed by atoms with E-state index in [-0.39, 0.29) is 12.3 Å². The molecule has 2 N–H and O–H groups in total. The minimum absolute atomic E-state index is 0.00906. The summed E-state index contributed by atoms with van der Waals surface area (Å²) in [5.41, 5.74) is 0. The molecule has 0 unspecified atom stereocenters. The van der Waals surface area contributed by atoms with Gasteiger partial charge in [-0.1, -0.05) is 13.8 Å². The van der Waals surface area contributed by atoms with Gasteiger partial charge in [-0.25, -0.2) is 8.42 Å². The summed E-state index contributed by atoms with van der Waals surface area (Å²) >= 11 is 0. The molecule has 0 rings (SSSR count). The Bertz CT molecular complexity index is 248. The van der Waals surface area contributed by atoms with Gasteiger partial charge in [0.2, 0.25) is 15.9 Å². The highest BCUT2D eigenvalue weighted by atomic mass is 32.2. The molecule has 0 fully saturated rings. The second-order valence-electron chi connectivity index (χ2n) is 2.62. The Labute approximate surface area is 79.0 Å². The Morgan fingerprint density at radius 1 is 1.31 bits per heavy atom. The summed E-state index contributed by atoms with van der Waals surface area (Å²) in [5.74, 6) is -0.513. The van der Waals surface area contributed by atoms with E-state index in [1.54, 1.807) is 6.92 Å². The molecule has 0 bridgehead atoms. The molecule has 0 spiro atoms. The van der Waals surface area contributed by atoms with Crippen LogP contribution in [-0.4, -0.2) is 33.2 Å². The average Bonchev–Trinajstić information content (AvgIpc) is 1.99. The van der Waals surface area contributed by atoms with Crippen LogP contribution in [0.2, 0.25) is 0 Å². The van der Waals surface area contributed by atoms with Gasteiger partial charge < -0.3 is 5.32 Å². The fourth-order valence-electron chi connectivity index (χ4n) is 0.768. The van der Waals surface area contributed by atoms with Crippen molar-refractivity contribution < 1.29 is 13.2 Å². The number of rotatable bonds is 6. The summed E-state index contributed by atoms with van der Waals surface area (Å²) in [6.07, 6.45) is 0.504. The summed E-state index contributed by atoms with van der Waals surface area (Å²) in [4.78, 5) is 10.9. The average molecular weight is 208 g/mol. The number of hydrogen-bond donors (Lipinski definition) is 2. The first-order chi connectivity index (χ1) is 6.02. The molecule has 0 saturated carbocycles. The maximum absolute atomic E-state index is 11.0. The van der Waals surface area contributed by atoms with E-state index in [4.69, 9.17) is 0 Å². The van der Waals surface area contributed by atoms with Crippen LogP contribution in [-0.2, 0) is 14.8 Å². The van der Waals surface area contributed by atoms with Crippen molar-refractivity contribution in [1.29, 1.82) is 0 Å². The fourth-order valence-corrected chi connectivity index (χ4v) is 1.83. The highest BCUT2D eigenvalue weighted by molar-refractivity contribution is 7.90. The van der Waals surface area contributed by atoms with Crippen LogP contribution in [0, 0.1) is 0 Å². The number of amides is 1. The Morgan fingerprint density at radius 3 is 2.38 bits per heavy atom. The Hall–Kier alpha value is -0.620. The lowest BCUT2D eigenvalue weighted by Crippen LogP contribution is -2.38. The number of carbonyl (C=O) groups is 1. The van der Waals surface area contributed by atoms with Gasteiger partial charge in [-0.05, 0) is 13.0 Å². The molecule has 0 aromatic rings. The number of likely N-dealkylation sites (N-methyl/N-ethyl adjacent to an activating group) is 1. The van der Waals surface area contributed by atoms with Gasteiger partial charge in [-0.15, -0.1) is 0 Å². The molecule has 0 atom stereocenters. The molecule has 78 valence electrons. The second kappa shape index (κ2) is 5.93. The summed E-state index contributed by atoms with van der Waals surface area (Å²) in [7, 11) is -3.40. The highest BCUT2D eigenvalue weighted by Crippen LogP contribution is 1.87. The van der Waals surface area contributed by atoms with Gasteiger partial charge in [0.15, 0.2) is 0 Å². The van der Waals surface area contributed by atoms with Crippen molar-refractivity contribution in [2.75, 3.05) is 18.8 Å². The van der Waals surface area contributed by atoms with Gasteiger partial charge in [0.25, 0.3) is 0 Å². The van der Waals surface area contributed by atoms with Gasteiger partial charge >= 0.3 is 0 Å². The van der Waals surface area contributed by atoms with E-state index in [9.17, 15) is 13.2 Å². The van der Waals surface area contributed by atoms with Gasteiger partial charge in [0.1, 0.15) is 0 Å². The van der Waals surface area contributed by atoms with Gasteiger partial charge in [0.05, 0.1) is 12.3 Å². The second-order valence-corrected chi connectivity index (χ2v) is 4.47. The van der Waals surface area contributed by atoms with E-state index >= 15 is 0 Å². The Morgan fingerprint density at radius 2 is 1.92 bits per heavy atom. The lowest BCUT2D eigenvalue weighted by atomic mass is 10.6. The topological polar surface area (TPSA) is 75.3 Å². The van der Waals surface area contributed by atoms with Gasteiger partial charge in [0, 0.05) is 0 Å². The minimum Gasteiger partial charge on any atom is -0.309 e. The van der Waals surface area contributed by atoms with Crippen LogP contribution in [0.4, 0.5) is 0 Å². The predicted octanol–water partition coefficient (Wildman–Crippen LogP) is -0.548. The van der Waals surface area contributed by atoms with Crippen molar-refractivity contribution in [3.8, 4) is 0 Å². The number of nitrogens with one attached hydrogen (secondary N) is 2. The van der Waals surface area contributed by atoms with Crippen molar-refractivity contribution in [2.45, 2.75) is 20.3 Å². The van der Waals surface area contributed by atoms with Crippen LogP contribution in [0.15, 0.2) is 0 Å². The quantitative estimate of drug-likeness (QED) is 0.614. The lowest BCUT2D eigenvalue weighted by molar-refractivity contribution is -0.118. The molecule has 13 heavy (non-hydrogen) atoms. The van der Waals surface area contributed by atoms with Crippen molar-refractivity contribution in [3.63, 3.8) is 0 Å². The van der Waals surface area contributed by atoms with E-state index in [2.05, 4.69) is 5.32 Å². The summed E-state index contributed by atoms with van der Waals surface area (Å²) in [6, 6.07) is 0. The van der Waals surface area contributed by atoms with E-state index in [1.165, 1.54) is 0 Å². The zero-order chi connectivity index (χ0) is 10.3. The molecule has 0 aliphatic heterocycles. The Balaban J connectivity index is 3.90. The summed E-state index contributed by atoms with van der Waals surface area (Å²) in [6.45, 7) is 4.27. The fraction of sp³-hybridized carbons (Fsp3) is 0.857. The largest absolute Gasteiger partial charge is 0.309 e. The van der Waals surface area contributed by atoms with Crippen molar-refractivity contribution in [1.82, 2.24) is 10.0 Å². The van der Waals surface area contributed by atoms with Crippen LogP contribution < -0.4 is 10.0 Å². The standard InChI is InChI=1S/C7H16N2O3S/c1-3-5-13(11,12)9-7(10)6-8-4-2/h8H,3-6H2,1-2H3,(H,9,10). The molecule has 0 aromatic heterocycles. The molecule has 0 heterocycles. The zero-order valence-electron chi connectivity index (χ0n) is 7.96. The first-order valence-electron chi connectivity index (χ1n) is 4.26. The van der Waals surface area contributed by atoms with Crippen LogP contribution in [0.1, 0.15) is 20.3 Å². The first-order valence-corrected chi connectivity index (χ1v) is 5.91. The zero-order valence-corrected chi connectivity index (χ0v) is 8.78. The SMILES string of the molecule is CCCS(=O)(=O)NC(=O)CNCC. The molecular formula is C7H16N2O3S.